The molecule has 1 aromatic rings. The van der Waals surface area contributed by atoms with Crippen LogP contribution >= 0.6 is 0 Å². The topological polar surface area (TPSA) is 74.8 Å². The first-order chi connectivity index (χ1) is 13.2. The highest BCUT2D eigenvalue weighted by molar-refractivity contribution is 5.94. The Morgan fingerprint density at radius 3 is 2.48 bits per heavy atom. The molecule has 150 valence electrons. The molecule has 0 saturated heterocycles. The van der Waals surface area contributed by atoms with Gasteiger partial charge in [-0.2, -0.15) is 0 Å². The van der Waals surface area contributed by atoms with E-state index in [4.69, 9.17) is 9.73 Å². The lowest BCUT2D eigenvalue weighted by atomic mass is 9.83. The summed E-state index contributed by atoms with van der Waals surface area (Å²) in [5.74, 6) is 0.763. The van der Waals surface area contributed by atoms with Crippen molar-refractivity contribution in [1.82, 2.24) is 16.0 Å². The van der Waals surface area contributed by atoms with E-state index in [2.05, 4.69) is 22.9 Å². The predicted octanol–water partition coefficient (Wildman–Crippen LogP) is 2.57. The minimum Gasteiger partial charge on any atom is -0.385 e. The Kier molecular flexibility index (Phi) is 9.11. The van der Waals surface area contributed by atoms with Crippen LogP contribution in [0.1, 0.15) is 49.4 Å². The van der Waals surface area contributed by atoms with Crippen molar-refractivity contribution in [3.63, 3.8) is 0 Å². The molecule has 1 fully saturated rings. The maximum atomic E-state index is 12.1. The van der Waals surface area contributed by atoms with E-state index in [0.29, 0.717) is 18.7 Å². The first kappa shape index (κ1) is 21.2. The van der Waals surface area contributed by atoms with E-state index >= 15 is 0 Å². The maximum Gasteiger partial charge on any atom is 0.251 e. The lowest BCUT2D eigenvalue weighted by Crippen LogP contribution is -2.42. The summed E-state index contributed by atoms with van der Waals surface area (Å²) in [6, 6.07) is 9.27. The lowest BCUT2D eigenvalue weighted by Gasteiger charge is -2.27. The Balaban J connectivity index is 1.80. The van der Waals surface area contributed by atoms with Gasteiger partial charge in [-0.25, -0.2) is 0 Å². The van der Waals surface area contributed by atoms with E-state index in [-0.39, 0.29) is 11.3 Å². The number of ether oxygens (including phenoxy) is 1. The number of nitrogens with zero attached hydrogens (tertiary/aromatic N) is 1. The fourth-order valence-electron chi connectivity index (χ4n) is 3.57. The Morgan fingerprint density at radius 1 is 1.11 bits per heavy atom. The molecule has 1 saturated carbocycles. The fourth-order valence-corrected chi connectivity index (χ4v) is 3.57. The van der Waals surface area contributed by atoms with Gasteiger partial charge in [-0.1, -0.05) is 31.0 Å². The third-order valence-corrected chi connectivity index (χ3v) is 5.16. The van der Waals surface area contributed by atoms with E-state index in [1.54, 1.807) is 7.11 Å². The van der Waals surface area contributed by atoms with Crippen LogP contribution in [0.2, 0.25) is 0 Å². The van der Waals surface area contributed by atoms with Crippen molar-refractivity contribution in [2.24, 2.45) is 10.4 Å². The zero-order chi connectivity index (χ0) is 19.4. The Labute approximate surface area is 163 Å². The van der Waals surface area contributed by atoms with E-state index in [1.807, 2.05) is 30.3 Å². The maximum absolute atomic E-state index is 12.1. The number of amides is 1. The van der Waals surface area contributed by atoms with Gasteiger partial charge >= 0.3 is 0 Å². The molecule has 0 atom stereocenters. The second-order valence-electron chi connectivity index (χ2n) is 7.19. The molecule has 0 aromatic heterocycles. The Hall–Kier alpha value is -2.08. The zero-order valence-corrected chi connectivity index (χ0v) is 16.7. The molecule has 0 radical (unpaired) electrons. The molecule has 27 heavy (non-hydrogen) atoms. The van der Waals surface area contributed by atoms with Gasteiger partial charge in [-0.3, -0.25) is 9.79 Å². The molecule has 0 aliphatic heterocycles. The number of carbonyl (C=O) groups excluding carboxylic acids is 1. The number of aliphatic imine (C=N–C) groups is 1. The Morgan fingerprint density at radius 2 is 1.81 bits per heavy atom. The number of benzene rings is 1. The third kappa shape index (κ3) is 7.21. The van der Waals surface area contributed by atoms with E-state index in [0.717, 1.165) is 32.1 Å². The summed E-state index contributed by atoms with van der Waals surface area (Å²) in [7, 11) is 1.77. The molecule has 1 aliphatic carbocycles. The zero-order valence-electron chi connectivity index (χ0n) is 16.7. The summed E-state index contributed by atoms with van der Waals surface area (Å²) in [6.45, 7) is 5.67. The molecule has 1 aliphatic rings. The summed E-state index contributed by atoms with van der Waals surface area (Å²) in [4.78, 5) is 16.9. The van der Waals surface area contributed by atoms with E-state index in [9.17, 15) is 4.79 Å². The molecular weight excluding hydrogens is 340 g/mol. The van der Waals surface area contributed by atoms with Crippen molar-refractivity contribution in [2.75, 3.05) is 39.9 Å². The third-order valence-electron chi connectivity index (χ3n) is 5.16. The smallest absolute Gasteiger partial charge is 0.251 e. The van der Waals surface area contributed by atoms with Gasteiger partial charge in [0.1, 0.15) is 0 Å². The van der Waals surface area contributed by atoms with Crippen molar-refractivity contribution < 1.29 is 9.53 Å². The van der Waals surface area contributed by atoms with Crippen LogP contribution in [0.4, 0.5) is 0 Å². The molecule has 6 heteroatoms. The number of nitrogens with one attached hydrogen (secondary N) is 3. The van der Waals surface area contributed by atoms with E-state index < -0.39 is 0 Å². The molecule has 0 bridgehead atoms. The van der Waals surface area contributed by atoms with Gasteiger partial charge in [0.05, 0.1) is 0 Å². The number of rotatable bonds is 10. The van der Waals surface area contributed by atoms with E-state index in [1.165, 1.54) is 25.7 Å². The van der Waals surface area contributed by atoms with Crippen LogP contribution in [-0.2, 0) is 4.74 Å². The number of carbonyl (C=O) groups is 1. The van der Waals surface area contributed by atoms with Crippen molar-refractivity contribution in [1.29, 1.82) is 0 Å². The van der Waals surface area contributed by atoms with Gasteiger partial charge in [-0.15, -0.1) is 0 Å². The van der Waals surface area contributed by atoms with Crippen LogP contribution in [0, 0.1) is 5.41 Å². The number of guanidine groups is 1. The summed E-state index contributed by atoms with van der Waals surface area (Å²) < 4.78 is 5.30. The van der Waals surface area contributed by atoms with Crippen LogP contribution in [0.5, 0.6) is 0 Å². The van der Waals surface area contributed by atoms with Gasteiger partial charge in [0.25, 0.3) is 5.91 Å². The van der Waals surface area contributed by atoms with Gasteiger partial charge in [0.15, 0.2) is 5.96 Å². The van der Waals surface area contributed by atoms with Crippen LogP contribution < -0.4 is 16.0 Å². The molecule has 1 amide bonds. The first-order valence-electron chi connectivity index (χ1n) is 10.0. The number of hydrogen-bond donors (Lipinski definition) is 3. The summed E-state index contributed by atoms with van der Waals surface area (Å²) in [5.41, 5.74) is 0.958. The molecule has 1 aromatic carbocycles. The summed E-state index contributed by atoms with van der Waals surface area (Å²) in [5, 5.41) is 9.54. The number of methoxy groups -OCH3 is 1. The second-order valence-corrected chi connectivity index (χ2v) is 7.19. The molecule has 0 spiro atoms. The monoisotopic (exact) mass is 374 g/mol. The quantitative estimate of drug-likeness (QED) is 0.334. The highest BCUT2D eigenvalue weighted by Gasteiger charge is 2.33. The first-order valence-corrected chi connectivity index (χ1v) is 10.0. The van der Waals surface area contributed by atoms with Crippen molar-refractivity contribution >= 4 is 11.9 Å². The van der Waals surface area contributed by atoms with Gasteiger partial charge in [0, 0.05) is 45.5 Å². The van der Waals surface area contributed by atoms with Crippen LogP contribution in [0.15, 0.2) is 35.3 Å². The number of hydrogen-bond acceptors (Lipinski definition) is 3. The second kappa shape index (κ2) is 11.6. The largest absolute Gasteiger partial charge is 0.385 e. The van der Waals surface area contributed by atoms with Crippen molar-refractivity contribution in [3.8, 4) is 0 Å². The standard InChI is InChI=1S/C21H34N4O2/c1-3-22-20(25-17-21(13-16-27-2)11-7-8-12-21)24-15-14-23-19(26)18-9-5-4-6-10-18/h4-6,9-10H,3,7-8,11-17H2,1-2H3,(H,23,26)(H2,22,24,25). The SMILES string of the molecule is CCNC(=NCC1(CCOC)CCCC1)NCCNC(=O)c1ccccc1. The summed E-state index contributed by atoms with van der Waals surface area (Å²) >= 11 is 0. The average Bonchev–Trinajstić information content (AvgIpc) is 3.17. The van der Waals surface area contributed by atoms with Crippen LogP contribution in [0.25, 0.3) is 0 Å². The fraction of sp³-hybridized carbons (Fsp3) is 0.619. The Bertz CT molecular complexity index is 583. The molecule has 3 N–H and O–H groups in total. The van der Waals surface area contributed by atoms with Gasteiger partial charge in [0.2, 0.25) is 0 Å². The molecular formula is C21H34N4O2. The van der Waals surface area contributed by atoms with Gasteiger partial charge in [-0.05, 0) is 43.7 Å². The molecule has 2 rings (SSSR count). The minimum absolute atomic E-state index is 0.0520. The lowest BCUT2D eigenvalue weighted by molar-refractivity contribution is 0.0954. The molecule has 6 nitrogen and oxygen atoms in total. The highest BCUT2D eigenvalue weighted by atomic mass is 16.5. The molecule has 0 unspecified atom stereocenters. The van der Waals surface area contributed by atoms with Crippen LogP contribution in [0.3, 0.4) is 0 Å². The average molecular weight is 375 g/mol. The van der Waals surface area contributed by atoms with Crippen molar-refractivity contribution in [2.45, 2.75) is 39.0 Å². The molecule has 0 heterocycles. The minimum atomic E-state index is -0.0520. The summed E-state index contributed by atoms with van der Waals surface area (Å²) in [6.07, 6.45) is 6.10. The van der Waals surface area contributed by atoms with Gasteiger partial charge < -0.3 is 20.7 Å². The van der Waals surface area contributed by atoms with Crippen molar-refractivity contribution in [3.05, 3.63) is 35.9 Å². The predicted molar refractivity (Wildman–Crippen MR) is 110 cm³/mol. The highest BCUT2D eigenvalue weighted by Crippen LogP contribution is 2.41. The van der Waals surface area contributed by atoms with Crippen LogP contribution in [-0.4, -0.2) is 51.8 Å². The normalized spacial score (nSPS) is 16.1.